The third kappa shape index (κ3) is 6.58. The molecular weight excluding hydrogens is 510 g/mol. The minimum Gasteiger partial charge on any atom is -0.507 e. The van der Waals surface area contributed by atoms with Gasteiger partial charge in [0.1, 0.15) is 48.0 Å². The van der Waals surface area contributed by atoms with Gasteiger partial charge < -0.3 is 40.1 Å². The first-order chi connectivity index (χ1) is 18.6. The van der Waals surface area contributed by atoms with Crippen LogP contribution in [0.5, 0.6) is 23.0 Å². The molecule has 1 aliphatic rings. The molecule has 12 nitrogen and oxygen atoms in total. The summed E-state index contributed by atoms with van der Waals surface area (Å²) in [5, 5.41) is 15.5. The summed E-state index contributed by atoms with van der Waals surface area (Å²) in [4.78, 5) is 49.0. The monoisotopic (exact) mass is 539 g/mol. The number of carbonyl (C=O) groups excluding carboxylic acids is 3. The zero-order chi connectivity index (χ0) is 28.1. The number of hydrogen-bond acceptors (Lipinski definition) is 9. The molecule has 5 N–H and O–H groups in total. The molecule has 1 aromatic heterocycles. The highest BCUT2D eigenvalue weighted by atomic mass is 16.6. The van der Waals surface area contributed by atoms with Gasteiger partial charge in [0.15, 0.2) is 18.1 Å². The summed E-state index contributed by atoms with van der Waals surface area (Å²) in [7, 11) is 0. The number of nitrogens with one attached hydrogen (secondary N) is 2. The Hall–Kier alpha value is -4.74. The first-order valence-electron chi connectivity index (χ1n) is 12.3. The van der Waals surface area contributed by atoms with Crippen LogP contribution in [-0.4, -0.2) is 55.2 Å². The van der Waals surface area contributed by atoms with Crippen molar-refractivity contribution in [2.45, 2.75) is 26.3 Å². The summed E-state index contributed by atoms with van der Waals surface area (Å²) >= 11 is 0. The molecule has 4 rings (SSSR count). The second-order valence-corrected chi connectivity index (χ2v) is 9.37. The Balaban J connectivity index is 1.48. The summed E-state index contributed by atoms with van der Waals surface area (Å²) < 4.78 is 22.2. The molecule has 39 heavy (non-hydrogen) atoms. The van der Waals surface area contributed by atoms with Gasteiger partial charge in [-0.2, -0.15) is 0 Å². The maximum absolute atomic E-state index is 13.2. The molecule has 0 unspecified atom stereocenters. The minimum absolute atomic E-state index is 0.0534. The lowest BCUT2D eigenvalue weighted by atomic mass is 10.0. The van der Waals surface area contributed by atoms with E-state index in [1.807, 2.05) is 13.8 Å². The molecule has 206 valence electrons. The molecule has 0 saturated heterocycles. The minimum atomic E-state index is -0.901. The van der Waals surface area contributed by atoms with Crippen molar-refractivity contribution in [2.75, 3.05) is 26.4 Å². The smallest absolute Gasteiger partial charge is 0.258 e. The molecule has 0 bridgehead atoms. The van der Waals surface area contributed by atoms with Crippen LogP contribution in [0.3, 0.4) is 0 Å². The van der Waals surface area contributed by atoms with E-state index >= 15 is 0 Å². The number of ether oxygens (including phenoxy) is 3. The van der Waals surface area contributed by atoms with Crippen LogP contribution in [0.1, 0.15) is 20.3 Å². The molecule has 0 spiro atoms. The fourth-order valence-electron chi connectivity index (χ4n) is 4.09. The van der Waals surface area contributed by atoms with Crippen LogP contribution in [-0.2, 0) is 14.4 Å². The Labute approximate surface area is 223 Å². The molecule has 0 fully saturated rings. The number of phenols is 1. The van der Waals surface area contributed by atoms with Crippen molar-refractivity contribution < 1.29 is 38.1 Å². The van der Waals surface area contributed by atoms with Crippen molar-refractivity contribution in [3.05, 3.63) is 46.8 Å². The zero-order valence-corrected chi connectivity index (χ0v) is 21.4. The molecule has 3 aromatic rings. The number of aromatic hydroxyl groups is 1. The van der Waals surface area contributed by atoms with E-state index in [-0.39, 0.29) is 40.5 Å². The number of nitrogens with two attached hydrogens (primary N) is 1. The molecule has 12 heteroatoms. The lowest BCUT2D eigenvalue weighted by molar-refractivity contribution is -0.131. The Morgan fingerprint density at radius 1 is 1.10 bits per heavy atom. The summed E-state index contributed by atoms with van der Waals surface area (Å²) in [6.07, 6.45) is 1.59. The molecule has 2 heterocycles. The van der Waals surface area contributed by atoms with Crippen LogP contribution >= 0.6 is 0 Å². The van der Waals surface area contributed by atoms with Crippen molar-refractivity contribution in [1.82, 2.24) is 10.6 Å². The molecule has 2 aromatic carbocycles. The van der Waals surface area contributed by atoms with Gasteiger partial charge in [-0.15, -0.1) is 0 Å². The first kappa shape index (κ1) is 27.3. The van der Waals surface area contributed by atoms with E-state index in [0.29, 0.717) is 36.7 Å². The van der Waals surface area contributed by atoms with E-state index in [0.717, 1.165) is 0 Å². The summed E-state index contributed by atoms with van der Waals surface area (Å²) in [6.45, 7) is 3.75. The van der Waals surface area contributed by atoms with Gasteiger partial charge in [0.2, 0.25) is 17.2 Å². The van der Waals surface area contributed by atoms with Gasteiger partial charge in [0, 0.05) is 12.1 Å². The number of primary amides is 1. The lowest BCUT2D eigenvalue weighted by Gasteiger charge is -2.20. The van der Waals surface area contributed by atoms with E-state index in [1.165, 1.54) is 18.4 Å². The fourth-order valence-corrected chi connectivity index (χ4v) is 4.09. The number of carbonyl (C=O) groups is 3. The average molecular weight is 540 g/mol. The van der Waals surface area contributed by atoms with Gasteiger partial charge >= 0.3 is 0 Å². The van der Waals surface area contributed by atoms with Crippen molar-refractivity contribution in [3.63, 3.8) is 0 Å². The molecule has 0 aliphatic carbocycles. The fraction of sp³-hybridized carbons (Fsp3) is 0.333. The molecule has 1 atom stereocenters. The number of phenolic OH excluding ortho intramolecular Hbond substituents is 1. The predicted octanol–water partition coefficient (Wildman–Crippen LogP) is 1.45. The van der Waals surface area contributed by atoms with Gasteiger partial charge in [-0.05, 0) is 30.0 Å². The first-order valence-corrected chi connectivity index (χ1v) is 12.3. The molecule has 0 saturated carbocycles. The third-order valence-electron chi connectivity index (χ3n) is 5.85. The van der Waals surface area contributed by atoms with E-state index in [4.69, 9.17) is 24.4 Å². The maximum Gasteiger partial charge on any atom is 0.258 e. The number of rotatable bonds is 10. The predicted molar refractivity (Wildman–Crippen MR) is 140 cm³/mol. The normalized spacial score (nSPS) is 13.1. The van der Waals surface area contributed by atoms with Crippen LogP contribution in [0.25, 0.3) is 22.1 Å². The van der Waals surface area contributed by atoms with Crippen LogP contribution in [0, 0.1) is 5.92 Å². The van der Waals surface area contributed by atoms with Gasteiger partial charge in [0.25, 0.3) is 5.91 Å². The summed E-state index contributed by atoms with van der Waals surface area (Å²) in [5.41, 5.74) is 5.40. The Kier molecular flexibility index (Phi) is 8.23. The van der Waals surface area contributed by atoms with E-state index in [2.05, 4.69) is 10.6 Å². The van der Waals surface area contributed by atoms with Crippen molar-refractivity contribution in [3.8, 4) is 34.1 Å². The standard InChI is InChI=1S/C27H29N3O9/c1-14(2)7-18(27(35)29-11-23(28)32)30-24(33)13-38-16-9-19(31)25-22(10-16)39-12-17(26(25)34)15-3-4-20-21(8-15)37-6-5-36-20/h3-4,8-10,12,14,18,31H,5-7,11,13H2,1-2H3,(H2,28,32)(H,29,35)(H,30,33)/t18-/m1/s1. The van der Waals surface area contributed by atoms with Crippen LogP contribution in [0.2, 0.25) is 0 Å². The van der Waals surface area contributed by atoms with Crippen molar-refractivity contribution >= 4 is 28.7 Å². The summed E-state index contributed by atoms with van der Waals surface area (Å²) in [5.74, 6) is -1.02. The zero-order valence-electron chi connectivity index (χ0n) is 21.4. The van der Waals surface area contributed by atoms with Crippen LogP contribution in [0.4, 0.5) is 0 Å². The van der Waals surface area contributed by atoms with Gasteiger partial charge in [0.05, 0.1) is 12.1 Å². The van der Waals surface area contributed by atoms with Gasteiger partial charge in [-0.1, -0.05) is 19.9 Å². The van der Waals surface area contributed by atoms with Gasteiger partial charge in [-0.3, -0.25) is 19.2 Å². The molecule has 3 amide bonds. The Bertz CT molecular complexity index is 1460. The third-order valence-corrected chi connectivity index (χ3v) is 5.85. The number of fused-ring (bicyclic) bond motifs is 2. The average Bonchev–Trinajstić information content (AvgIpc) is 2.89. The van der Waals surface area contributed by atoms with E-state index in [1.54, 1.807) is 18.2 Å². The summed E-state index contributed by atoms with van der Waals surface area (Å²) in [6, 6.07) is 6.73. The highest BCUT2D eigenvalue weighted by molar-refractivity contribution is 5.91. The highest BCUT2D eigenvalue weighted by Gasteiger charge is 2.23. The quantitative estimate of drug-likeness (QED) is 0.297. The molecule has 0 radical (unpaired) electrons. The SMILES string of the molecule is CC(C)C[C@@H](NC(=O)COc1cc(O)c2c(=O)c(-c3ccc4c(c3)OCCO4)coc2c1)C(=O)NCC(N)=O. The lowest BCUT2D eigenvalue weighted by Crippen LogP contribution is -2.50. The Morgan fingerprint density at radius 3 is 2.56 bits per heavy atom. The molecular formula is C27H29N3O9. The van der Waals surface area contributed by atoms with E-state index < -0.39 is 35.8 Å². The molecule has 1 aliphatic heterocycles. The van der Waals surface area contributed by atoms with Crippen molar-refractivity contribution in [1.29, 1.82) is 0 Å². The van der Waals surface area contributed by atoms with Gasteiger partial charge in [-0.25, -0.2) is 0 Å². The van der Waals surface area contributed by atoms with Crippen molar-refractivity contribution in [2.24, 2.45) is 11.7 Å². The number of hydrogen-bond donors (Lipinski definition) is 4. The van der Waals surface area contributed by atoms with Crippen LogP contribution in [0.15, 0.2) is 45.8 Å². The largest absolute Gasteiger partial charge is 0.507 e. The maximum atomic E-state index is 13.2. The van der Waals surface area contributed by atoms with Crippen LogP contribution < -0.4 is 36.0 Å². The second-order valence-electron chi connectivity index (χ2n) is 9.37. The Morgan fingerprint density at radius 2 is 1.85 bits per heavy atom. The highest BCUT2D eigenvalue weighted by Crippen LogP contribution is 2.35. The number of benzene rings is 2. The topological polar surface area (TPSA) is 179 Å². The second kappa shape index (κ2) is 11.8. The van der Waals surface area contributed by atoms with E-state index in [9.17, 15) is 24.3 Å². The number of amides is 3.